The van der Waals surface area contributed by atoms with Gasteiger partial charge in [-0.1, -0.05) is 83.9 Å². The van der Waals surface area contributed by atoms with Gasteiger partial charge < -0.3 is 0 Å². The Morgan fingerprint density at radius 1 is 0.615 bits per heavy atom. The highest BCUT2D eigenvalue weighted by Crippen LogP contribution is 2.38. The van der Waals surface area contributed by atoms with Crippen LogP contribution >= 0.6 is 23.2 Å². The third-order valence-electron chi connectivity index (χ3n) is 4.80. The number of halogens is 2. The minimum Gasteiger partial charge on any atom is -0.235 e. The van der Waals surface area contributed by atoms with Crippen LogP contribution in [0.25, 0.3) is 43.6 Å². The van der Waals surface area contributed by atoms with E-state index in [9.17, 15) is 0 Å². The molecule has 1 nitrogen and oxygen atoms in total. The SMILES string of the molecule is Clc1cc(Cl)c2cc(-c3ccc4ccccc4c3)c3ccccc3c2n1. The lowest BCUT2D eigenvalue weighted by Gasteiger charge is -2.12. The first-order chi connectivity index (χ1) is 12.7. The number of nitrogens with zero attached hydrogens (tertiary/aromatic N) is 1. The number of hydrogen-bond acceptors (Lipinski definition) is 1. The maximum Gasteiger partial charge on any atom is 0.131 e. The Labute approximate surface area is 160 Å². The summed E-state index contributed by atoms with van der Waals surface area (Å²) in [5, 5.41) is 6.58. The monoisotopic (exact) mass is 373 g/mol. The van der Waals surface area contributed by atoms with Crippen molar-refractivity contribution in [1.82, 2.24) is 4.98 Å². The number of rotatable bonds is 1. The Bertz CT molecular complexity index is 1310. The van der Waals surface area contributed by atoms with Crippen molar-refractivity contribution in [2.45, 2.75) is 0 Å². The normalized spacial score (nSPS) is 11.5. The fourth-order valence-corrected chi connectivity index (χ4v) is 4.08. The smallest absolute Gasteiger partial charge is 0.131 e. The molecule has 5 rings (SSSR count). The van der Waals surface area contributed by atoms with Gasteiger partial charge in [0.1, 0.15) is 5.15 Å². The molecule has 0 spiro atoms. The van der Waals surface area contributed by atoms with Gasteiger partial charge in [0, 0.05) is 10.8 Å². The van der Waals surface area contributed by atoms with Gasteiger partial charge in [0.25, 0.3) is 0 Å². The first kappa shape index (κ1) is 15.6. The van der Waals surface area contributed by atoms with Crippen LogP contribution in [0.4, 0.5) is 0 Å². The second-order valence-electron chi connectivity index (χ2n) is 6.35. The summed E-state index contributed by atoms with van der Waals surface area (Å²) in [6.07, 6.45) is 0. The number of aromatic nitrogens is 1. The summed E-state index contributed by atoms with van der Waals surface area (Å²) in [6.45, 7) is 0. The molecule has 0 aliphatic heterocycles. The largest absolute Gasteiger partial charge is 0.235 e. The lowest BCUT2D eigenvalue weighted by atomic mass is 9.94. The van der Waals surface area contributed by atoms with E-state index in [1.807, 2.05) is 12.1 Å². The standard InChI is InChI=1S/C23H13Cl2N/c24-21-13-22(25)26-23-18-8-4-3-7-17(18)19(12-20(21)23)16-10-9-14-5-1-2-6-15(14)11-16/h1-13H. The first-order valence-corrected chi connectivity index (χ1v) is 9.13. The van der Waals surface area contributed by atoms with Gasteiger partial charge >= 0.3 is 0 Å². The topological polar surface area (TPSA) is 12.9 Å². The van der Waals surface area contributed by atoms with Crippen molar-refractivity contribution in [3.63, 3.8) is 0 Å². The zero-order valence-electron chi connectivity index (χ0n) is 13.7. The minimum absolute atomic E-state index is 0.408. The van der Waals surface area contributed by atoms with Crippen molar-refractivity contribution in [2.24, 2.45) is 0 Å². The summed E-state index contributed by atoms with van der Waals surface area (Å²) < 4.78 is 0. The van der Waals surface area contributed by atoms with Crippen molar-refractivity contribution in [2.75, 3.05) is 0 Å². The molecule has 0 amide bonds. The molecule has 0 radical (unpaired) electrons. The van der Waals surface area contributed by atoms with E-state index in [-0.39, 0.29) is 0 Å². The molecule has 0 unspecified atom stereocenters. The summed E-state index contributed by atoms with van der Waals surface area (Å²) in [5.74, 6) is 0. The van der Waals surface area contributed by atoms with E-state index >= 15 is 0 Å². The summed E-state index contributed by atoms with van der Waals surface area (Å²) in [4.78, 5) is 4.53. The van der Waals surface area contributed by atoms with Gasteiger partial charge in [0.15, 0.2) is 0 Å². The molecule has 3 heteroatoms. The fourth-order valence-electron chi connectivity index (χ4n) is 3.58. The Morgan fingerprint density at radius 2 is 1.35 bits per heavy atom. The van der Waals surface area contributed by atoms with E-state index in [1.165, 1.54) is 10.8 Å². The molecular formula is C23H13Cl2N. The van der Waals surface area contributed by atoms with E-state index < -0.39 is 0 Å². The Balaban J connectivity index is 1.91. The van der Waals surface area contributed by atoms with Crippen LogP contribution in [0.3, 0.4) is 0 Å². The van der Waals surface area contributed by atoms with Crippen LogP contribution in [-0.2, 0) is 0 Å². The number of benzene rings is 4. The van der Waals surface area contributed by atoms with E-state index in [2.05, 4.69) is 65.6 Å². The molecule has 0 N–H and O–H groups in total. The molecular weight excluding hydrogens is 361 g/mol. The highest BCUT2D eigenvalue weighted by Gasteiger charge is 2.12. The third-order valence-corrected chi connectivity index (χ3v) is 5.30. The first-order valence-electron chi connectivity index (χ1n) is 8.37. The van der Waals surface area contributed by atoms with E-state index in [0.717, 1.165) is 32.8 Å². The average Bonchev–Trinajstić information content (AvgIpc) is 2.67. The molecule has 0 atom stereocenters. The highest BCUT2D eigenvalue weighted by molar-refractivity contribution is 6.39. The predicted molar refractivity (Wildman–Crippen MR) is 112 cm³/mol. The summed E-state index contributed by atoms with van der Waals surface area (Å²) in [5.41, 5.74) is 3.14. The van der Waals surface area contributed by atoms with Gasteiger partial charge in [-0.25, -0.2) is 4.98 Å². The number of hydrogen-bond donors (Lipinski definition) is 0. The van der Waals surface area contributed by atoms with Crippen LogP contribution < -0.4 is 0 Å². The average molecular weight is 374 g/mol. The molecule has 1 aromatic heterocycles. The zero-order valence-corrected chi connectivity index (χ0v) is 15.2. The molecule has 1 heterocycles. The van der Waals surface area contributed by atoms with Crippen molar-refractivity contribution in [1.29, 1.82) is 0 Å². The zero-order chi connectivity index (χ0) is 17.7. The van der Waals surface area contributed by atoms with Crippen LogP contribution in [0.2, 0.25) is 10.2 Å². The van der Waals surface area contributed by atoms with E-state index in [4.69, 9.17) is 23.2 Å². The van der Waals surface area contributed by atoms with Crippen LogP contribution in [0.1, 0.15) is 0 Å². The molecule has 0 bridgehead atoms. The molecule has 0 fully saturated rings. The van der Waals surface area contributed by atoms with Crippen molar-refractivity contribution < 1.29 is 0 Å². The summed E-state index contributed by atoms with van der Waals surface area (Å²) in [7, 11) is 0. The predicted octanol–water partition coefficient (Wildman–Crippen LogP) is 7.52. The molecule has 124 valence electrons. The van der Waals surface area contributed by atoms with E-state index in [1.54, 1.807) is 6.07 Å². The van der Waals surface area contributed by atoms with Crippen molar-refractivity contribution in [3.8, 4) is 11.1 Å². The molecule has 26 heavy (non-hydrogen) atoms. The van der Waals surface area contributed by atoms with Gasteiger partial charge in [-0.2, -0.15) is 0 Å². The molecule has 5 aromatic rings. The Hall–Kier alpha value is -2.61. The minimum atomic E-state index is 0.408. The maximum atomic E-state index is 6.49. The van der Waals surface area contributed by atoms with Crippen LogP contribution in [0, 0.1) is 0 Å². The van der Waals surface area contributed by atoms with Crippen LogP contribution in [0.5, 0.6) is 0 Å². The molecule has 0 saturated carbocycles. The van der Waals surface area contributed by atoms with Crippen molar-refractivity contribution in [3.05, 3.63) is 89.0 Å². The summed E-state index contributed by atoms with van der Waals surface area (Å²) in [6, 6.07) is 27.0. The second-order valence-corrected chi connectivity index (χ2v) is 7.15. The van der Waals surface area contributed by atoms with Gasteiger partial charge in [-0.05, 0) is 45.5 Å². The molecule has 4 aromatic carbocycles. The Morgan fingerprint density at radius 3 is 2.19 bits per heavy atom. The fraction of sp³-hybridized carbons (Fsp3) is 0. The highest BCUT2D eigenvalue weighted by atomic mass is 35.5. The lowest BCUT2D eigenvalue weighted by molar-refractivity contribution is 1.42. The van der Waals surface area contributed by atoms with Gasteiger partial charge in [-0.3, -0.25) is 0 Å². The maximum absolute atomic E-state index is 6.49. The Kier molecular flexibility index (Phi) is 3.59. The summed E-state index contributed by atoms with van der Waals surface area (Å²) >= 11 is 12.6. The van der Waals surface area contributed by atoms with Gasteiger partial charge in [0.2, 0.25) is 0 Å². The van der Waals surface area contributed by atoms with Gasteiger partial charge in [-0.15, -0.1) is 0 Å². The number of fused-ring (bicyclic) bond motifs is 4. The van der Waals surface area contributed by atoms with Crippen LogP contribution in [0.15, 0.2) is 78.9 Å². The second kappa shape index (κ2) is 5.98. The van der Waals surface area contributed by atoms with Crippen molar-refractivity contribution >= 4 is 55.6 Å². The molecule has 0 aliphatic rings. The van der Waals surface area contributed by atoms with E-state index in [0.29, 0.717) is 10.2 Å². The molecule has 0 aliphatic carbocycles. The number of pyridine rings is 1. The molecule has 0 saturated heterocycles. The quantitative estimate of drug-likeness (QED) is 0.218. The lowest BCUT2D eigenvalue weighted by Crippen LogP contribution is -1.88. The van der Waals surface area contributed by atoms with Crippen LogP contribution in [-0.4, -0.2) is 4.98 Å². The third kappa shape index (κ3) is 2.44. The van der Waals surface area contributed by atoms with Gasteiger partial charge in [0.05, 0.1) is 10.5 Å².